The first-order chi connectivity index (χ1) is 13.7. The van der Waals surface area contributed by atoms with Crippen LogP contribution in [0.4, 0.5) is 0 Å². The van der Waals surface area contributed by atoms with Gasteiger partial charge < -0.3 is 14.2 Å². The number of thiazole rings is 1. The van der Waals surface area contributed by atoms with Crippen LogP contribution in [0.5, 0.6) is 16.7 Å². The Morgan fingerprint density at radius 1 is 1.29 bits per heavy atom. The predicted molar refractivity (Wildman–Crippen MR) is 107 cm³/mol. The highest BCUT2D eigenvalue weighted by Crippen LogP contribution is 2.38. The van der Waals surface area contributed by atoms with E-state index in [9.17, 15) is 4.79 Å². The third-order valence-corrected chi connectivity index (χ3v) is 5.69. The van der Waals surface area contributed by atoms with Crippen LogP contribution in [0.15, 0.2) is 48.7 Å². The first kappa shape index (κ1) is 18.5. The van der Waals surface area contributed by atoms with Crippen LogP contribution >= 0.6 is 11.3 Å². The highest BCUT2D eigenvalue weighted by atomic mass is 32.1. The summed E-state index contributed by atoms with van der Waals surface area (Å²) in [4.78, 5) is 16.1. The van der Waals surface area contributed by atoms with E-state index in [1.165, 1.54) is 24.4 Å². The Kier molecular flexibility index (Phi) is 5.30. The largest absolute Gasteiger partial charge is 0.485 e. The molecule has 0 bridgehead atoms. The lowest BCUT2D eigenvalue weighted by Crippen LogP contribution is -2.16. The molecule has 2 heterocycles. The minimum Gasteiger partial charge on any atom is -0.485 e. The van der Waals surface area contributed by atoms with Crippen molar-refractivity contribution in [2.75, 3.05) is 7.11 Å². The summed E-state index contributed by atoms with van der Waals surface area (Å²) >= 11 is 1.16. The van der Waals surface area contributed by atoms with Crippen molar-refractivity contribution in [2.24, 2.45) is 0 Å². The van der Waals surface area contributed by atoms with Crippen LogP contribution in [0.25, 0.3) is 0 Å². The summed E-state index contributed by atoms with van der Waals surface area (Å²) < 4.78 is 16.8. The quantitative estimate of drug-likeness (QED) is 0.545. The van der Waals surface area contributed by atoms with Gasteiger partial charge in [-0.3, -0.25) is 0 Å². The van der Waals surface area contributed by atoms with Gasteiger partial charge in [0.15, 0.2) is 0 Å². The summed E-state index contributed by atoms with van der Waals surface area (Å²) in [5.41, 5.74) is 3.72. The van der Waals surface area contributed by atoms with Gasteiger partial charge in [0.1, 0.15) is 22.5 Å². The second-order valence-corrected chi connectivity index (χ2v) is 7.54. The lowest BCUT2D eigenvalue weighted by molar-refractivity contribution is 0.0606. The summed E-state index contributed by atoms with van der Waals surface area (Å²) in [5.74, 6) is 1.16. The van der Waals surface area contributed by atoms with Crippen molar-refractivity contribution >= 4 is 17.3 Å². The van der Waals surface area contributed by atoms with E-state index in [-0.39, 0.29) is 6.10 Å². The maximum Gasteiger partial charge on any atom is 0.349 e. The number of aryl methyl sites for hydroxylation is 2. The molecule has 144 valence electrons. The number of fused-ring (bicyclic) bond motifs is 1. The zero-order chi connectivity index (χ0) is 19.5. The SMILES string of the molecule is CCc1ccccc1C1CCc2cc(Oc3ncc(C(=O)OC)s3)ccc2O1. The molecule has 5 nitrogen and oxygen atoms in total. The molecule has 28 heavy (non-hydrogen) atoms. The lowest BCUT2D eigenvalue weighted by Gasteiger charge is -2.28. The molecule has 1 unspecified atom stereocenters. The summed E-state index contributed by atoms with van der Waals surface area (Å²) in [7, 11) is 1.35. The smallest absolute Gasteiger partial charge is 0.349 e. The maximum atomic E-state index is 11.5. The average Bonchev–Trinajstić information content (AvgIpc) is 3.21. The molecule has 2 aromatic carbocycles. The Hall–Kier alpha value is -2.86. The highest BCUT2D eigenvalue weighted by molar-refractivity contribution is 7.15. The zero-order valence-corrected chi connectivity index (χ0v) is 16.6. The number of benzene rings is 2. The molecule has 1 aliphatic rings. The zero-order valence-electron chi connectivity index (χ0n) is 15.8. The molecule has 0 spiro atoms. The summed E-state index contributed by atoms with van der Waals surface area (Å²) in [6.07, 6.45) is 4.38. The van der Waals surface area contributed by atoms with E-state index in [0.717, 1.165) is 41.9 Å². The van der Waals surface area contributed by atoms with Crippen LogP contribution in [0.1, 0.15) is 45.8 Å². The van der Waals surface area contributed by atoms with Gasteiger partial charge in [-0.05, 0) is 54.2 Å². The third-order valence-electron chi connectivity index (χ3n) is 4.84. The van der Waals surface area contributed by atoms with Crippen LogP contribution in [-0.4, -0.2) is 18.1 Å². The molecule has 0 N–H and O–H groups in total. The molecule has 1 aliphatic heterocycles. The Morgan fingerprint density at radius 3 is 2.96 bits per heavy atom. The number of hydrogen-bond acceptors (Lipinski definition) is 6. The van der Waals surface area contributed by atoms with E-state index >= 15 is 0 Å². The number of carbonyl (C=O) groups is 1. The molecule has 4 rings (SSSR count). The monoisotopic (exact) mass is 395 g/mol. The average molecular weight is 395 g/mol. The fraction of sp³-hybridized carbons (Fsp3) is 0.273. The third kappa shape index (κ3) is 3.73. The molecule has 1 aromatic heterocycles. The van der Waals surface area contributed by atoms with Crippen molar-refractivity contribution < 1.29 is 19.0 Å². The van der Waals surface area contributed by atoms with Crippen LogP contribution < -0.4 is 9.47 Å². The van der Waals surface area contributed by atoms with Crippen molar-refractivity contribution in [2.45, 2.75) is 32.3 Å². The number of nitrogens with zero attached hydrogens (tertiary/aromatic N) is 1. The first-order valence-corrected chi connectivity index (χ1v) is 10.1. The molecular formula is C22H21NO4S. The van der Waals surface area contributed by atoms with Gasteiger partial charge in [-0.15, -0.1) is 0 Å². The molecule has 3 aromatic rings. The van der Waals surface area contributed by atoms with E-state index < -0.39 is 5.97 Å². The molecule has 0 saturated heterocycles. The van der Waals surface area contributed by atoms with Gasteiger partial charge >= 0.3 is 5.97 Å². The van der Waals surface area contributed by atoms with E-state index in [2.05, 4.69) is 36.2 Å². The number of esters is 1. The fourth-order valence-corrected chi connectivity index (χ4v) is 4.12. The lowest BCUT2D eigenvalue weighted by atomic mass is 9.93. The molecule has 0 saturated carbocycles. The molecular weight excluding hydrogens is 374 g/mol. The molecule has 6 heteroatoms. The van der Waals surface area contributed by atoms with Gasteiger partial charge in [0.25, 0.3) is 5.19 Å². The second kappa shape index (κ2) is 8.02. The topological polar surface area (TPSA) is 57.7 Å². The van der Waals surface area contributed by atoms with Crippen LogP contribution in [0, 0.1) is 0 Å². The Labute approximate surface area is 167 Å². The molecule has 0 aliphatic carbocycles. The number of ether oxygens (including phenoxy) is 3. The van der Waals surface area contributed by atoms with Gasteiger partial charge in [-0.25, -0.2) is 9.78 Å². The molecule has 0 fully saturated rings. The second-order valence-electron chi connectivity index (χ2n) is 6.55. The van der Waals surface area contributed by atoms with E-state index in [1.54, 1.807) is 0 Å². The Morgan fingerprint density at radius 2 is 2.14 bits per heavy atom. The number of hydrogen-bond donors (Lipinski definition) is 0. The van der Waals surface area contributed by atoms with Gasteiger partial charge in [0, 0.05) is 0 Å². The van der Waals surface area contributed by atoms with E-state index in [1.807, 2.05) is 18.2 Å². The van der Waals surface area contributed by atoms with Crippen molar-refractivity contribution in [3.63, 3.8) is 0 Å². The van der Waals surface area contributed by atoms with Crippen molar-refractivity contribution in [3.05, 3.63) is 70.2 Å². The van der Waals surface area contributed by atoms with Crippen molar-refractivity contribution in [1.82, 2.24) is 4.98 Å². The van der Waals surface area contributed by atoms with Crippen molar-refractivity contribution in [3.8, 4) is 16.7 Å². The summed E-state index contributed by atoms with van der Waals surface area (Å²) in [6, 6.07) is 14.3. The van der Waals surface area contributed by atoms with Crippen LogP contribution in [0.2, 0.25) is 0 Å². The highest BCUT2D eigenvalue weighted by Gasteiger charge is 2.23. The normalized spacial score (nSPS) is 15.4. The minimum atomic E-state index is -0.412. The van der Waals surface area contributed by atoms with Crippen molar-refractivity contribution in [1.29, 1.82) is 0 Å². The summed E-state index contributed by atoms with van der Waals surface area (Å²) in [5, 5.41) is 0.409. The molecule has 1 atom stereocenters. The Bertz CT molecular complexity index is 998. The summed E-state index contributed by atoms with van der Waals surface area (Å²) in [6.45, 7) is 2.17. The number of rotatable bonds is 5. The fourth-order valence-electron chi connectivity index (χ4n) is 3.42. The van der Waals surface area contributed by atoms with Gasteiger partial charge in [-0.1, -0.05) is 42.5 Å². The van der Waals surface area contributed by atoms with Gasteiger partial charge in [0.2, 0.25) is 0 Å². The molecule has 0 radical (unpaired) electrons. The molecule has 0 amide bonds. The predicted octanol–water partition coefficient (Wildman–Crippen LogP) is 5.35. The number of aromatic nitrogens is 1. The number of carbonyl (C=O) groups excluding carboxylic acids is 1. The number of methoxy groups -OCH3 is 1. The van der Waals surface area contributed by atoms with E-state index in [4.69, 9.17) is 14.2 Å². The van der Waals surface area contributed by atoms with Gasteiger partial charge in [0.05, 0.1) is 13.3 Å². The van der Waals surface area contributed by atoms with Crippen LogP contribution in [0.3, 0.4) is 0 Å². The first-order valence-electron chi connectivity index (χ1n) is 9.27. The maximum absolute atomic E-state index is 11.5. The van der Waals surface area contributed by atoms with E-state index in [0.29, 0.717) is 15.8 Å². The van der Waals surface area contributed by atoms with Gasteiger partial charge in [-0.2, -0.15) is 0 Å². The Balaban J connectivity index is 1.50. The minimum absolute atomic E-state index is 0.0806. The van der Waals surface area contributed by atoms with Crippen LogP contribution in [-0.2, 0) is 17.6 Å². The standard InChI is InChI=1S/C22H21NO4S/c1-3-14-6-4-5-7-17(14)19-10-8-15-12-16(9-11-18(15)27-19)26-22-23-13-20(28-22)21(24)25-2/h4-7,9,11-13,19H,3,8,10H2,1-2H3.